The average molecular weight is 343 g/mol. The van der Waals surface area contributed by atoms with Gasteiger partial charge in [-0.15, -0.1) is 0 Å². The molecule has 2 aliphatic rings. The molecular weight excluding hydrogens is 325 g/mol. The lowest BCUT2D eigenvalue weighted by molar-refractivity contribution is 0.105. The summed E-state index contributed by atoms with van der Waals surface area (Å²) in [5.41, 5.74) is 0. The van der Waals surface area contributed by atoms with E-state index in [-0.39, 0.29) is 0 Å². The van der Waals surface area contributed by atoms with Crippen molar-refractivity contribution in [2.75, 3.05) is 38.1 Å². The molecule has 2 aliphatic heterocycles. The van der Waals surface area contributed by atoms with Crippen LogP contribution in [0.3, 0.4) is 0 Å². The Balaban J connectivity index is 1.46. The predicted molar refractivity (Wildman–Crippen MR) is 78.3 cm³/mol. The number of nitrogens with zero attached hydrogens (tertiary/aromatic N) is 3. The molecule has 0 N–H and O–H groups in total. The molecule has 3 nitrogen and oxygen atoms in total. The summed E-state index contributed by atoms with van der Waals surface area (Å²) in [5.74, 6) is 3.00. The van der Waals surface area contributed by atoms with E-state index < -0.39 is 0 Å². The summed E-state index contributed by atoms with van der Waals surface area (Å²) in [6.07, 6.45) is 3.36. The van der Waals surface area contributed by atoms with Gasteiger partial charge < -0.3 is 9.80 Å². The maximum absolute atomic E-state index is 4.47. The van der Waals surface area contributed by atoms with Crippen LogP contribution >= 0.6 is 22.6 Å². The summed E-state index contributed by atoms with van der Waals surface area (Å²) in [6.45, 7) is 5.01. The third-order valence-electron chi connectivity index (χ3n) is 3.80. The molecule has 0 aliphatic carbocycles. The van der Waals surface area contributed by atoms with Crippen molar-refractivity contribution in [3.05, 3.63) is 21.9 Å². The van der Waals surface area contributed by atoms with Crippen LogP contribution in [0, 0.1) is 15.4 Å². The lowest BCUT2D eigenvalue weighted by Gasteiger charge is -2.45. The van der Waals surface area contributed by atoms with Crippen molar-refractivity contribution in [1.82, 2.24) is 9.88 Å². The van der Waals surface area contributed by atoms with Gasteiger partial charge in [-0.1, -0.05) is 0 Å². The summed E-state index contributed by atoms with van der Waals surface area (Å²) in [5, 5.41) is 0. The fourth-order valence-corrected chi connectivity index (χ4v) is 3.23. The molecule has 1 aromatic rings. The van der Waals surface area contributed by atoms with E-state index in [0.29, 0.717) is 0 Å². The molecule has 17 heavy (non-hydrogen) atoms. The van der Waals surface area contributed by atoms with Crippen LogP contribution in [-0.4, -0.2) is 43.1 Å². The fraction of sp³-hybridized carbons (Fsp3) is 0.615. The van der Waals surface area contributed by atoms with E-state index in [4.69, 9.17) is 0 Å². The summed E-state index contributed by atoms with van der Waals surface area (Å²) in [7, 11) is 2.21. The number of likely N-dealkylation sites (tertiary alicyclic amines) is 1. The van der Waals surface area contributed by atoms with Gasteiger partial charge in [0.05, 0.1) is 0 Å². The second-order valence-corrected chi connectivity index (χ2v) is 6.67. The van der Waals surface area contributed by atoms with Crippen LogP contribution in [0.5, 0.6) is 0 Å². The molecule has 0 bridgehead atoms. The van der Waals surface area contributed by atoms with Gasteiger partial charge in [0.1, 0.15) is 5.82 Å². The topological polar surface area (TPSA) is 19.4 Å². The standard InChI is InChI=1S/C13H18IN3/c1-16-6-10(7-16)4-11-8-17(9-11)13-3-2-12(14)5-15-13/h2-3,5,10-11H,4,6-9H2,1H3. The molecule has 0 saturated carbocycles. The van der Waals surface area contributed by atoms with Gasteiger partial charge in [0, 0.05) is 35.9 Å². The monoisotopic (exact) mass is 343 g/mol. The van der Waals surface area contributed by atoms with Gasteiger partial charge in [0.15, 0.2) is 0 Å². The van der Waals surface area contributed by atoms with Gasteiger partial charge in [0.25, 0.3) is 0 Å². The molecule has 2 saturated heterocycles. The smallest absolute Gasteiger partial charge is 0.128 e. The van der Waals surface area contributed by atoms with E-state index in [9.17, 15) is 0 Å². The molecule has 0 aromatic carbocycles. The van der Waals surface area contributed by atoms with E-state index in [0.717, 1.165) is 17.7 Å². The summed E-state index contributed by atoms with van der Waals surface area (Å²) >= 11 is 2.30. The van der Waals surface area contributed by atoms with E-state index in [1.54, 1.807) is 0 Å². The molecule has 3 heterocycles. The minimum Gasteiger partial charge on any atom is -0.356 e. The first-order valence-corrected chi connectivity index (χ1v) is 7.33. The van der Waals surface area contributed by atoms with Crippen LogP contribution in [-0.2, 0) is 0 Å². The highest BCUT2D eigenvalue weighted by atomic mass is 127. The minimum atomic E-state index is 0.898. The minimum absolute atomic E-state index is 0.898. The number of aromatic nitrogens is 1. The molecule has 0 unspecified atom stereocenters. The Labute approximate surface area is 116 Å². The zero-order valence-electron chi connectivity index (χ0n) is 10.1. The van der Waals surface area contributed by atoms with E-state index in [1.807, 2.05) is 6.20 Å². The number of rotatable bonds is 3. The first kappa shape index (κ1) is 11.7. The van der Waals surface area contributed by atoms with Gasteiger partial charge in [-0.3, -0.25) is 0 Å². The predicted octanol–water partition coefficient (Wildman–Crippen LogP) is 2.07. The number of pyridine rings is 1. The van der Waals surface area contributed by atoms with Gasteiger partial charge in [-0.25, -0.2) is 4.98 Å². The van der Waals surface area contributed by atoms with Crippen molar-refractivity contribution in [2.45, 2.75) is 6.42 Å². The molecule has 0 radical (unpaired) electrons. The quantitative estimate of drug-likeness (QED) is 0.784. The van der Waals surface area contributed by atoms with Crippen molar-refractivity contribution in [3.63, 3.8) is 0 Å². The fourth-order valence-electron chi connectivity index (χ4n) is 2.91. The van der Waals surface area contributed by atoms with Gasteiger partial charge in [0.2, 0.25) is 0 Å². The molecule has 4 heteroatoms. The van der Waals surface area contributed by atoms with Gasteiger partial charge in [-0.05, 0) is 60.0 Å². The third kappa shape index (κ3) is 2.57. The van der Waals surface area contributed by atoms with Gasteiger partial charge >= 0.3 is 0 Å². The molecule has 0 spiro atoms. The van der Waals surface area contributed by atoms with E-state index >= 15 is 0 Å². The lowest BCUT2D eigenvalue weighted by Crippen LogP contribution is -2.52. The number of anilines is 1. The molecular formula is C13H18IN3. The highest BCUT2D eigenvalue weighted by Crippen LogP contribution is 2.30. The average Bonchev–Trinajstić information content (AvgIpc) is 2.21. The van der Waals surface area contributed by atoms with Crippen molar-refractivity contribution >= 4 is 28.4 Å². The first-order chi connectivity index (χ1) is 8.20. The van der Waals surface area contributed by atoms with Crippen LogP contribution in [0.25, 0.3) is 0 Å². The maximum Gasteiger partial charge on any atom is 0.128 e. The Morgan fingerprint density at radius 1 is 1.24 bits per heavy atom. The van der Waals surface area contributed by atoms with Gasteiger partial charge in [-0.2, -0.15) is 0 Å². The van der Waals surface area contributed by atoms with Crippen LogP contribution in [0.2, 0.25) is 0 Å². The van der Waals surface area contributed by atoms with Crippen molar-refractivity contribution in [2.24, 2.45) is 11.8 Å². The zero-order chi connectivity index (χ0) is 11.8. The Morgan fingerprint density at radius 3 is 2.53 bits per heavy atom. The zero-order valence-corrected chi connectivity index (χ0v) is 12.3. The number of halogens is 1. The SMILES string of the molecule is CN1CC(CC2CN(c3ccc(I)cn3)C2)C1. The summed E-state index contributed by atoms with van der Waals surface area (Å²) < 4.78 is 1.21. The Bertz CT molecular complexity index is 380. The molecule has 1 aromatic heterocycles. The van der Waals surface area contributed by atoms with Crippen LogP contribution in [0.1, 0.15) is 6.42 Å². The highest BCUT2D eigenvalue weighted by molar-refractivity contribution is 14.1. The van der Waals surface area contributed by atoms with Crippen LogP contribution < -0.4 is 4.90 Å². The summed E-state index contributed by atoms with van der Waals surface area (Å²) in [6, 6.07) is 4.27. The first-order valence-electron chi connectivity index (χ1n) is 6.26. The second kappa shape index (κ2) is 4.72. The molecule has 92 valence electrons. The number of hydrogen-bond acceptors (Lipinski definition) is 3. The van der Waals surface area contributed by atoms with Crippen molar-refractivity contribution in [3.8, 4) is 0 Å². The maximum atomic E-state index is 4.47. The van der Waals surface area contributed by atoms with Crippen molar-refractivity contribution in [1.29, 1.82) is 0 Å². The summed E-state index contributed by atoms with van der Waals surface area (Å²) in [4.78, 5) is 9.27. The Morgan fingerprint density at radius 2 is 1.94 bits per heavy atom. The molecule has 0 atom stereocenters. The molecule has 2 fully saturated rings. The van der Waals surface area contributed by atoms with Crippen LogP contribution in [0.4, 0.5) is 5.82 Å². The highest BCUT2D eigenvalue weighted by Gasteiger charge is 2.33. The molecule has 3 rings (SSSR count). The number of hydrogen-bond donors (Lipinski definition) is 0. The largest absolute Gasteiger partial charge is 0.356 e. The second-order valence-electron chi connectivity index (χ2n) is 5.43. The Hall–Kier alpha value is -0.360. The van der Waals surface area contributed by atoms with Crippen LogP contribution in [0.15, 0.2) is 18.3 Å². The van der Waals surface area contributed by atoms with E-state index in [2.05, 4.69) is 56.6 Å². The van der Waals surface area contributed by atoms with E-state index in [1.165, 1.54) is 36.2 Å². The normalized spacial score (nSPS) is 22.4. The molecule has 0 amide bonds. The lowest BCUT2D eigenvalue weighted by atomic mass is 9.85. The third-order valence-corrected chi connectivity index (χ3v) is 4.44. The Kier molecular flexibility index (Phi) is 3.25. The van der Waals surface area contributed by atoms with Crippen molar-refractivity contribution < 1.29 is 0 Å².